The first-order valence-corrected chi connectivity index (χ1v) is 6.87. The van der Waals surface area contributed by atoms with Crippen molar-refractivity contribution in [3.8, 4) is 5.75 Å². The van der Waals surface area contributed by atoms with Crippen molar-refractivity contribution in [2.75, 3.05) is 4.90 Å². The zero-order valence-corrected chi connectivity index (χ0v) is 13.0. The second-order valence-corrected chi connectivity index (χ2v) is 6.23. The molecule has 1 aromatic carbocycles. The van der Waals surface area contributed by atoms with Crippen LogP contribution in [-0.4, -0.2) is 33.0 Å². The highest BCUT2D eigenvalue weighted by Crippen LogP contribution is 2.37. The number of amides is 1. The van der Waals surface area contributed by atoms with Gasteiger partial charge in [-0.15, -0.1) is 0 Å². The SMILES string of the molecule is CC(C)Oc1cc2[nH]ncc2cc1N(C(=O)O)C(C)(C)C. The molecule has 6 heteroatoms. The van der Waals surface area contributed by atoms with Crippen LogP contribution in [0.3, 0.4) is 0 Å². The largest absolute Gasteiger partial charge is 0.489 e. The van der Waals surface area contributed by atoms with Gasteiger partial charge in [0.05, 0.1) is 23.5 Å². The fourth-order valence-corrected chi connectivity index (χ4v) is 2.23. The summed E-state index contributed by atoms with van der Waals surface area (Å²) < 4.78 is 5.80. The molecular formula is C15H21N3O3. The maximum Gasteiger partial charge on any atom is 0.412 e. The van der Waals surface area contributed by atoms with Crippen molar-refractivity contribution in [3.63, 3.8) is 0 Å². The van der Waals surface area contributed by atoms with Gasteiger partial charge in [-0.3, -0.25) is 10.00 Å². The van der Waals surface area contributed by atoms with E-state index in [4.69, 9.17) is 4.74 Å². The van der Waals surface area contributed by atoms with Crippen molar-refractivity contribution < 1.29 is 14.6 Å². The second-order valence-electron chi connectivity index (χ2n) is 6.23. The third kappa shape index (κ3) is 3.09. The monoisotopic (exact) mass is 291 g/mol. The zero-order valence-electron chi connectivity index (χ0n) is 13.0. The van der Waals surface area contributed by atoms with E-state index in [0.717, 1.165) is 10.9 Å². The van der Waals surface area contributed by atoms with Gasteiger partial charge >= 0.3 is 6.09 Å². The van der Waals surface area contributed by atoms with Crippen molar-refractivity contribution in [2.45, 2.75) is 46.3 Å². The minimum atomic E-state index is -1.01. The average molecular weight is 291 g/mol. The van der Waals surface area contributed by atoms with Gasteiger partial charge in [0.25, 0.3) is 0 Å². The van der Waals surface area contributed by atoms with Gasteiger partial charge in [-0.1, -0.05) is 0 Å². The highest BCUT2D eigenvalue weighted by Gasteiger charge is 2.31. The Hall–Kier alpha value is -2.24. The van der Waals surface area contributed by atoms with Crippen molar-refractivity contribution >= 4 is 22.7 Å². The van der Waals surface area contributed by atoms with Crippen LogP contribution in [0.2, 0.25) is 0 Å². The van der Waals surface area contributed by atoms with Crippen LogP contribution in [0.15, 0.2) is 18.3 Å². The number of fused-ring (bicyclic) bond motifs is 1. The lowest BCUT2D eigenvalue weighted by Gasteiger charge is -2.34. The summed E-state index contributed by atoms with van der Waals surface area (Å²) in [4.78, 5) is 13.0. The first-order chi connectivity index (χ1) is 9.70. The number of hydrogen-bond donors (Lipinski definition) is 2. The topological polar surface area (TPSA) is 78.5 Å². The summed E-state index contributed by atoms with van der Waals surface area (Å²) in [7, 11) is 0. The molecule has 0 unspecified atom stereocenters. The molecule has 0 saturated heterocycles. The quantitative estimate of drug-likeness (QED) is 0.905. The Labute approximate surface area is 123 Å². The highest BCUT2D eigenvalue weighted by atomic mass is 16.5. The predicted molar refractivity (Wildman–Crippen MR) is 82.1 cm³/mol. The average Bonchev–Trinajstić information content (AvgIpc) is 2.73. The lowest BCUT2D eigenvalue weighted by atomic mass is 10.0. The predicted octanol–water partition coefficient (Wildman–Crippen LogP) is 3.63. The molecule has 0 saturated carbocycles. The number of aromatic amines is 1. The van der Waals surface area contributed by atoms with Crippen LogP contribution in [0.5, 0.6) is 5.75 Å². The summed E-state index contributed by atoms with van der Waals surface area (Å²) in [5, 5.41) is 17.3. The molecule has 2 rings (SSSR count). The Balaban J connectivity index is 2.65. The van der Waals surface area contributed by atoms with Crippen molar-refractivity contribution in [1.82, 2.24) is 10.2 Å². The molecule has 0 spiro atoms. The fraction of sp³-hybridized carbons (Fsp3) is 0.467. The molecular weight excluding hydrogens is 270 g/mol. The number of aromatic nitrogens is 2. The summed E-state index contributed by atoms with van der Waals surface area (Å²) >= 11 is 0. The van der Waals surface area contributed by atoms with E-state index in [-0.39, 0.29) is 6.10 Å². The molecule has 1 aromatic heterocycles. The molecule has 1 amide bonds. The normalized spacial score (nSPS) is 11.9. The Morgan fingerprint density at radius 1 is 1.38 bits per heavy atom. The van der Waals surface area contributed by atoms with E-state index in [1.54, 1.807) is 18.3 Å². The number of benzene rings is 1. The molecule has 0 aliphatic heterocycles. The Bertz CT molecular complexity index is 656. The maximum atomic E-state index is 11.7. The first-order valence-electron chi connectivity index (χ1n) is 6.87. The lowest BCUT2D eigenvalue weighted by molar-refractivity contribution is 0.194. The maximum absolute atomic E-state index is 11.7. The van der Waals surface area contributed by atoms with Gasteiger partial charge < -0.3 is 9.84 Å². The number of nitrogens with one attached hydrogen (secondary N) is 1. The molecule has 0 radical (unpaired) electrons. The summed E-state index contributed by atoms with van der Waals surface area (Å²) in [6.45, 7) is 9.35. The minimum Gasteiger partial charge on any atom is -0.489 e. The Morgan fingerprint density at radius 2 is 2.05 bits per heavy atom. The highest BCUT2D eigenvalue weighted by molar-refractivity contribution is 5.94. The van der Waals surface area contributed by atoms with E-state index in [9.17, 15) is 9.90 Å². The van der Waals surface area contributed by atoms with Crippen LogP contribution >= 0.6 is 0 Å². The fourth-order valence-electron chi connectivity index (χ4n) is 2.23. The number of carboxylic acid groups (broad SMARTS) is 1. The minimum absolute atomic E-state index is 0.0558. The van der Waals surface area contributed by atoms with Crippen molar-refractivity contribution in [1.29, 1.82) is 0 Å². The summed E-state index contributed by atoms with van der Waals surface area (Å²) in [5.74, 6) is 0.527. The van der Waals surface area contributed by atoms with Crippen LogP contribution in [0, 0.1) is 0 Å². The van der Waals surface area contributed by atoms with Crippen LogP contribution in [0.1, 0.15) is 34.6 Å². The smallest absolute Gasteiger partial charge is 0.412 e. The zero-order chi connectivity index (χ0) is 15.8. The van der Waals surface area contributed by atoms with Gasteiger partial charge in [0.1, 0.15) is 5.75 Å². The molecule has 0 atom stereocenters. The van der Waals surface area contributed by atoms with E-state index in [2.05, 4.69) is 10.2 Å². The number of carbonyl (C=O) groups is 1. The van der Waals surface area contributed by atoms with Gasteiger partial charge in [-0.05, 0) is 40.7 Å². The molecule has 6 nitrogen and oxygen atoms in total. The van der Waals surface area contributed by atoms with E-state index in [0.29, 0.717) is 11.4 Å². The number of hydrogen-bond acceptors (Lipinski definition) is 3. The van der Waals surface area contributed by atoms with Crippen molar-refractivity contribution in [3.05, 3.63) is 18.3 Å². The van der Waals surface area contributed by atoms with Crippen LogP contribution in [0.4, 0.5) is 10.5 Å². The number of nitrogens with zero attached hydrogens (tertiary/aromatic N) is 2. The lowest BCUT2D eigenvalue weighted by Crippen LogP contribution is -2.45. The van der Waals surface area contributed by atoms with Crippen LogP contribution in [0.25, 0.3) is 10.9 Å². The summed E-state index contributed by atoms with van der Waals surface area (Å²) in [6.07, 6.45) is 0.597. The molecule has 1 heterocycles. The molecule has 0 aliphatic carbocycles. The molecule has 0 fully saturated rings. The molecule has 0 aliphatic rings. The third-order valence-electron chi connectivity index (χ3n) is 2.99. The number of anilines is 1. The molecule has 2 aromatic rings. The van der Waals surface area contributed by atoms with E-state index >= 15 is 0 Å². The summed E-state index contributed by atoms with van der Waals surface area (Å²) in [6, 6.07) is 3.58. The number of rotatable bonds is 3. The Morgan fingerprint density at radius 3 is 2.57 bits per heavy atom. The van der Waals surface area contributed by atoms with Crippen LogP contribution < -0.4 is 9.64 Å². The van der Waals surface area contributed by atoms with Gasteiger partial charge in [0, 0.05) is 17.0 Å². The van der Waals surface area contributed by atoms with Crippen molar-refractivity contribution in [2.24, 2.45) is 0 Å². The van der Waals surface area contributed by atoms with E-state index in [1.807, 2.05) is 34.6 Å². The summed E-state index contributed by atoms with van der Waals surface area (Å²) in [5.41, 5.74) is 0.754. The van der Waals surface area contributed by atoms with Gasteiger partial charge in [0.15, 0.2) is 0 Å². The standard InChI is InChI=1S/C15H21N3O3/c1-9(2)21-13-7-11-10(8-16-17-11)6-12(13)18(14(19)20)15(3,4)5/h6-9H,1-5H3,(H,16,17)(H,19,20). The molecule has 2 N–H and O–H groups in total. The first kappa shape index (κ1) is 15.2. The van der Waals surface area contributed by atoms with Gasteiger partial charge in [-0.25, -0.2) is 4.79 Å². The Kier molecular flexibility index (Phi) is 3.80. The number of ether oxygens (including phenoxy) is 1. The number of H-pyrrole nitrogens is 1. The molecule has 21 heavy (non-hydrogen) atoms. The van der Waals surface area contributed by atoms with Gasteiger partial charge in [-0.2, -0.15) is 5.10 Å². The molecule has 0 bridgehead atoms. The van der Waals surface area contributed by atoms with E-state index in [1.165, 1.54) is 4.90 Å². The third-order valence-corrected chi connectivity index (χ3v) is 2.99. The second kappa shape index (κ2) is 5.27. The van der Waals surface area contributed by atoms with Crippen LogP contribution in [-0.2, 0) is 0 Å². The van der Waals surface area contributed by atoms with Gasteiger partial charge in [0.2, 0.25) is 0 Å². The molecule has 114 valence electrons. The van der Waals surface area contributed by atoms with E-state index < -0.39 is 11.6 Å².